The van der Waals surface area contributed by atoms with E-state index in [1.54, 1.807) is 5.56 Å². The molecule has 0 aliphatic heterocycles. The molecule has 1 saturated carbocycles. The summed E-state index contributed by atoms with van der Waals surface area (Å²) in [4.78, 5) is 0. The van der Waals surface area contributed by atoms with E-state index in [4.69, 9.17) is 0 Å². The van der Waals surface area contributed by atoms with Gasteiger partial charge in [-0.3, -0.25) is 0 Å². The van der Waals surface area contributed by atoms with Crippen LogP contribution in [0.25, 0.3) is 0 Å². The van der Waals surface area contributed by atoms with Crippen LogP contribution in [0, 0.1) is 12.8 Å². The average Bonchev–Trinajstić information content (AvgIpc) is 3.00. The van der Waals surface area contributed by atoms with E-state index < -0.39 is 0 Å². The van der Waals surface area contributed by atoms with Crippen molar-refractivity contribution in [3.05, 3.63) is 29.3 Å². The largest absolute Gasteiger partial charge is 0.385 e. The minimum Gasteiger partial charge on any atom is -0.385 e. The maximum absolute atomic E-state index is 3.49. The maximum Gasteiger partial charge on any atom is 0.0343 e. The van der Waals surface area contributed by atoms with Crippen molar-refractivity contribution in [1.82, 2.24) is 0 Å². The summed E-state index contributed by atoms with van der Waals surface area (Å²) in [6, 6.07) is 6.79. The van der Waals surface area contributed by atoms with Gasteiger partial charge in [0.1, 0.15) is 0 Å². The van der Waals surface area contributed by atoms with Crippen LogP contribution in [0.4, 0.5) is 5.69 Å². The minimum absolute atomic E-state index is 0.704. The van der Waals surface area contributed by atoms with Gasteiger partial charge in [-0.1, -0.05) is 19.9 Å². The van der Waals surface area contributed by atoms with E-state index in [1.165, 1.54) is 24.1 Å². The Morgan fingerprint density at radius 1 is 1.33 bits per heavy atom. The minimum atomic E-state index is 0.704. The Labute approximate surface area is 92.9 Å². The molecule has 1 nitrogen and oxygen atoms in total. The van der Waals surface area contributed by atoms with Crippen LogP contribution in [-0.2, 0) is 0 Å². The third-order valence-corrected chi connectivity index (χ3v) is 3.01. The second-order valence-electron chi connectivity index (χ2n) is 5.12. The number of hydrogen-bond donors (Lipinski definition) is 1. The Balaban J connectivity index is 2.08. The molecule has 0 bridgehead atoms. The van der Waals surface area contributed by atoms with Crippen LogP contribution in [0.3, 0.4) is 0 Å². The number of aryl methyl sites for hydroxylation is 1. The summed E-state index contributed by atoms with van der Waals surface area (Å²) < 4.78 is 0. The normalized spacial score (nSPS) is 15.7. The predicted molar refractivity (Wildman–Crippen MR) is 66.5 cm³/mol. The lowest BCUT2D eigenvalue weighted by molar-refractivity contribution is 0.689. The molecule has 1 aromatic rings. The molecule has 0 unspecified atom stereocenters. The first-order chi connectivity index (χ1) is 7.16. The maximum atomic E-state index is 3.49. The van der Waals surface area contributed by atoms with Crippen LogP contribution in [0.5, 0.6) is 0 Å². The van der Waals surface area contributed by atoms with Crippen molar-refractivity contribution in [3.63, 3.8) is 0 Å². The second kappa shape index (κ2) is 4.26. The van der Waals surface area contributed by atoms with Crippen molar-refractivity contribution in [2.45, 2.75) is 39.5 Å². The van der Waals surface area contributed by atoms with Gasteiger partial charge in [-0.2, -0.15) is 0 Å². The predicted octanol–water partition coefficient (Wildman–Crippen LogP) is 3.94. The molecule has 0 aromatic heterocycles. The molecule has 0 heterocycles. The Morgan fingerprint density at radius 3 is 2.67 bits per heavy atom. The van der Waals surface area contributed by atoms with Crippen LogP contribution < -0.4 is 5.32 Å². The second-order valence-corrected chi connectivity index (χ2v) is 5.12. The topological polar surface area (TPSA) is 12.0 Å². The van der Waals surface area contributed by atoms with Crippen molar-refractivity contribution >= 4 is 5.69 Å². The molecule has 1 fully saturated rings. The summed E-state index contributed by atoms with van der Waals surface area (Å²) in [5, 5.41) is 3.49. The van der Waals surface area contributed by atoms with Crippen LogP contribution in [0.1, 0.15) is 43.7 Å². The van der Waals surface area contributed by atoms with Crippen molar-refractivity contribution in [2.24, 2.45) is 5.92 Å². The fraction of sp³-hybridized carbons (Fsp3) is 0.571. The Bertz CT molecular complexity index is 337. The van der Waals surface area contributed by atoms with Gasteiger partial charge in [0.15, 0.2) is 0 Å². The highest BCUT2D eigenvalue weighted by atomic mass is 14.9. The van der Waals surface area contributed by atoms with Crippen LogP contribution in [0.2, 0.25) is 0 Å². The molecule has 82 valence electrons. The van der Waals surface area contributed by atoms with Gasteiger partial charge in [0.25, 0.3) is 0 Å². The molecular weight excluding hydrogens is 182 g/mol. The zero-order chi connectivity index (χ0) is 10.8. The molecule has 0 atom stereocenters. The van der Waals surface area contributed by atoms with Crippen LogP contribution in [0.15, 0.2) is 18.2 Å². The monoisotopic (exact) mass is 203 g/mol. The molecule has 15 heavy (non-hydrogen) atoms. The number of rotatable bonds is 4. The smallest absolute Gasteiger partial charge is 0.0343 e. The van der Waals surface area contributed by atoms with E-state index in [9.17, 15) is 0 Å². The first-order valence-corrected chi connectivity index (χ1v) is 6.01. The summed E-state index contributed by atoms with van der Waals surface area (Å²) in [6.07, 6.45) is 2.77. The molecule has 1 aromatic carbocycles. The lowest BCUT2D eigenvalue weighted by atomic mass is 10.0. The van der Waals surface area contributed by atoms with Crippen molar-refractivity contribution in [2.75, 3.05) is 11.9 Å². The standard InChI is InChI=1S/C14H21N/c1-10(2)9-15-13-7-4-11(3)14(8-13)12-5-6-12/h4,7-8,10,12,15H,5-6,9H2,1-3H3. The number of anilines is 1. The van der Waals surface area contributed by atoms with Gasteiger partial charge in [0.2, 0.25) is 0 Å². The molecular formula is C14H21N. The Morgan fingerprint density at radius 2 is 2.07 bits per heavy atom. The third kappa shape index (κ3) is 2.74. The lowest BCUT2D eigenvalue weighted by Gasteiger charge is -2.12. The summed E-state index contributed by atoms with van der Waals surface area (Å²) in [7, 11) is 0. The van der Waals surface area contributed by atoms with E-state index in [2.05, 4.69) is 44.3 Å². The fourth-order valence-corrected chi connectivity index (χ4v) is 1.91. The number of hydrogen-bond acceptors (Lipinski definition) is 1. The molecule has 0 saturated heterocycles. The van der Waals surface area contributed by atoms with Crippen molar-refractivity contribution < 1.29 is 0 Å². The molecule has 1 heteroatoms. The quantitative estimate of drug-likeness (QED) is 0.781. The lowest BCUT2D eigenvalue weighted by Crippen LogP contribution is -2.08. The molecule has 0 spiro atoms. The highest BCUT2D eigenvalue weighted by Crippen LogP contribution is 2.42. The molecule has 1 aliphatic carbocycles. The van der Waals surface area contributed by atoms with Crippen LogP contribution >= 0.6 is 0 Å². The molecule has 1 N–H and O–H groups in total. The molecule has 2 rings (SSSR count). The Kier molecular flexibility index (Phi) is 2.99. The van der Waals surface area contributed by atoms with Gasteiger partial charge >= 0.3 is 0 Å². The van der Waals surface area contributed by atoms with Crippen molar-refractivity contribution in [1.29, 1.82) is 0 Å². The van der Waals surface area contributed by atoms with Gasteiger partial charge in [0, 0.05) is 12.2 Å². The Hall–Kier alpha value is -0.980. The van der Waals surface area contributed by atoms with Gasteiger partial charge in [-0.15, -0.1) is 0 Å². The van der Waals surface area contributed by atoms with E-state index >= 15 is 0 Å². The summed E-state index contributed by atoms with van der Waals surface area (Å²) in [5.74, 6) is 1.56. The van der Waals surface area contributed by atoms with E-state index in [1.807, 2.05) is 0 Å². The first kappa shape index (κ1) is 10.5. The SMILES string of the molecule is Cc1ccc(NCC(C)C)cc1C1CC1. The van der Waals surface area contributed by atoms with Crippen molar-refractivity contribution in [3.8, 4) is 0 Å². The summed E-state index contributed by atoms with van der Waals surface area (Å²) in [5.41, 5.74) is 4.30. The molecule has 1 aliphatic rings. The molecule has 0 radical (unpaired) electrons. The molecule has 0 amide bonds. The summed E-state index contributed by atoms with van der Waals surface area (Å²) >= 11 is 0. The van der Waals surface area contributed by atoms with Crippen LogP contribution in [-0.4, -0.2) is 6.54 Å². The van der Waals surface area contributed by atoms with Gasteiger partial charge in [-0.25, -0.2) is 0 Å². The average molecular weight is 203 g/mol. The zero-order valence-corrected chi connectivity index (χ0v) is 10.0. The van der Waals surface area contributed by atoms with Gasteiger partial charge < -0.3 is 5.32 Å². The van der Waals surface area contributed by atoms with E-state index in [-0.39, 0.29) is 0 Å². The zero-order valence-electron chi connectivity index (χ0n) is 10.0. The summed E-state index contributed by atoms with van der Waals surface area (Å²) in [6.45, 7) is 7.76. The highest BCUT2D eigenvalue weighted by molar-refractivity contribution is 5.50. The van der Waals surface area contributed by atoms with E-state index in [0.29, 0.717) is 5.92 Å². The number of benzene rings is 1. The van der Waals surface area contributed by atoms with Gasteiger partial charge in [0.05, 0.1) is 0 Å². The van der Waals surface area contributed by atoms with E-state index in [0.717, 1.165) is 12.5 Å². The third-order valence-electron chi connectivity index (χ3n) is 3.01. The first-order valence-electron chi connectivity index (χ1n) is 6.01. The highest BCUT2D eigenvalue weighted by Gasteiger charge is 2.25. The number of nitrogens with one attached hydrogen (secondary N) is 1. The van der Waals surface area contributed by atoms with Gasteiger partial charge in [-0.05, 0) is 54.9 Å². The fourth-order valence-electron chi connectivity index (χ4n) is 1.91.